The van der Waals surface area contributed by atoms with Crippen molar-refractivity contribution in [3.8, 4) is 5.75 Å². The fourth-order valence-corrected chi connectivity index (χ4v) is 4.73. The maximum atomic E-state index is 12.9. The van der Waals surface area contributed by atoms with Crippen LogP contribution >= 0.6 is 11.6 Å². The second-order valence-electron chi connectivity index (χ2n) is 8.07. The number of hydrogen-bond donors (Lipinski definition) is 2. The SMILES string of the molecule is COc1ccc(Cl)cc1NS(=O)(=O)c1cccc(C(=O)NCC(C)(C)N2CCOCC2)c1. The van der Waals surface area contributed by atoms with Gasteiger partial charge >= 0.3 is 0 Å². The highest BCUT2D eigenvalue weighted by Crippen LogP contribution is 2.30. The van der Waals surface area contributed by atoms with Crippen molar-refractivity contribution in [3.05, 3.63) is 53.1 Å². The fourth-order valence-electron chi connectivity index (χ4n) is 3.45. The van der Waals surface area contributed by atoms with Crippen LogP contribution in [-0.2, 0) is 14.8 Å². The molecule has 1 fully saturated rings. The van der Waals surface area contributed by atoms with Crippen molar-refractivity contribution in [2.75, 3.05) is 44.7 Å². The van der Waals surface area contributed by atoms with Crippen molar-refractivity contribution in [1.29, 1.82) is 0 Å². The number of sulfonamides is 1. The van der Waals surface area contributed by atoms with Crippen LogP contribution in [0.25, 0.3) is 0 Å². The average molecular weight is 482 g/mol. The van der Waals surface area contributed by atoms with E-state index in [-0.39, 0.29) is 27.6 Å². The van der Waals surface area contributed by atoms with Crippen molar-refractivity contribution in [2.45, 2.75) is 24.3 Å². The maximum Gasteiger partial charge on any atom is 0.262 e. The van der Waals surface area contributed by atoms with E-state index in [4.69, 9.17) is 21.1 Å². The third-order valence-corrected chi connectivity index (χ3v) is 6.96. The molecule has 2 aromatic carbocycles. The van der Waals surface area contributed by atoms with Crippen molar-refractivity contribution >= 4 is 33.2 Å². The third kappa shape index (κ3) is 5.92. The van der Waals surface area contributed by atoms with Gasteiger partial charge in [0.25, 0.3) is 15.9 Å². The topological polar surface area (TPSA) is 97.0 Å². The predicted octanol–water partition coefficient (Wildman–Crippen LogP) is 2.99. The molecular weight excluding hydrogens is 454 g/mol. The van der Waals surface area contributed by atoms with Gasteiger partial charge in [0.05, 0.1) is 30.9 Å². The number of nitrogens with one attached hydrogen (secondary N) is 2. The van der Waals surface area contributed by atoms with Crippen LogP contribution in [0.3, 0.4) is 0 Å². The molecule has 2 aromatic rings. The van der Waals surface area contributed by atoms with E-state index >= 15 is 0 Å². The number of nitrogens with zero attached hydrogens (tertiary/aromatic N) is 1. The lowest BCUT2D eigenvalue weighted by Crippen LogP contribution is -2.55. The van der Waals surface area contributed by atoms with Crippen molar-refractivity contribution < 1.29 is 22.7 Å². The Bertz CT molecular complexity index is 1070. The minimum absolute atomic E-state index is 0.0420. The molecule has 10 heteroatoms. The molecule has 0 spiro atoms. The first-order valence-corrected chi connectivity index (χ1v) is 12.1. The molecule has 1 aliphatic rings. The smallest absolute Gasteiger partial charge is 0.262 e. The fraction of sp³-hybridized carbons (Fsp3) is 0.409. The molecule has 1 saturated heterocycles. The molecule has 2 N–H and O–H groups in total. The summed E-state index contributed by atoms with van der Waals surface area (Å²) in [7, 11) is -2.54. The highest BCUT2D eigenvalue weighted by Gasteiger charge is 2.29. The molecule has 1 amide bonds. The standard InChI is InChI=1S/C22H28ClN3O5S/c1-22(2,26-9-11-31-12-10-26)15-24-21(27)16-5-4-6-18(13-16)32(28,29)25-19-14-17(23)7-8-20(19)30-3/h4-8,13-14,25H,9-12,15H2,1-3H3,(H,24,27). The van der Waals surface area contributed by atoms with Gasteiger partial charge in [0.15, 0.2) is 0 Å². The van der Waals surface area contributed by atoms with E-state index in [1.165, 1.54) is 31.4 Å². The number of carbonyl (C=O) groups excluding carboxylic acids is 1. The Labute approximate surface area is 193 Å². The van der Waals surface area contributed by atoms with E-state index in [0.29, 0.717) is 30.5 Å². The zero-order valence-electron chi connectivity index (χ0n) is 18.4. The van der Waals surface area contributed by atoms with Crippen molar-refractivity contribution in [1.82, 2.24) is 10.2 Å². The van der Waals surface area contributed by atoms with Crippen LogP contribution in [0.15, 0.2) is 47.4 Å². The molecule has 1 aliphatic heterocycles. The van der Waals surface area contributed by atoms with Gasteiger partial charge in [0.1, 0.15) is 5.75 Å². The van der Waals surface area contributed by atoms with Crippen LogP contribution in [0.4, 0.5) is 5.69 Å². The highest BCUT2D eigenvalue weighted by atomic mass is 35.5. The van der Waals surface area contributed by atoms with Crippen LogP contribution in [0, 0.1) is 0 Å². The number of halogens is 1. The minimum atomic E-state index is -3.97. The van der Waals surface area contributed by atoms with Crippen LogP contribution in [0.1, 0.15) is 24.2 Å². The Morgan fingerprint density at radius 2 is 1.91 bits per heavy atom. The molecule has 32 heavy (non-hydrogen) atoms. The van der Waals surface area contributed by atoms with Gasteiger partial charge in [-0.25, -0.2) is 8.42 Å². The first kappa shape index (κ1) is 24.3. The average Bonchev–Trinajstić information content (AvgIpc) is 2.78. The zero-order chi connectivity index (χ0) is 23.4. The summed E-state index contributed by atoms with van der Waals surface area (Å²) >= 11 is 5.99. The highest BCUT2D eigenvalue weighted by molar-refractivity contribution is 7.92. The van der Waals surface area contributed by atoms with Crippen LogP contribution < -0.4 is 14.8 Å². The summed E-state index contributed by atoms with van der Waals surface area (Å²) in [6, 6.07) is 10.5. The molecule has 1 heterocycles. The van der Waals surface area contributed by atoms with Crippen LogP contribution in [-0.4, -0.2) is 64.7 Å². The summed E-state index contributed by atoms with van der Waals surface area (Å²) in [5, 5.41) is 3.28. The molecule has 0 saturated carbocycles. The number of carbonyl (C=O) groups is 1. The summed E-state index contributed by atoms with van der Waals surface area (Å²) in [5.74, 6) is -0.0130. The van der Waals surface area contributed by atoms with Gasteiger partial charge in [-0.2, -0.15) is 0 Å². The molecule has 0 bridgehead atoms. The number of amides is 1. The van der Waals surface area contributed by atoms with E-state index in [1.54, 1.807) is 18.2 Å². The Balaban J connectivity index is 1.72. The number of rotatable bonds is 8. The maximum absolute atomic E-state index is 12.9. The van der Waals surface area contributed by atoms with Crippen LogP contribution in [0.2, 0.25) is 5.02 Å². The quantitative estimate of drug-likeness (QED) is 0.601. The third-order valence-electron chi connectivity index (χ3n) is 5.36. The van der Waals surface area contributed by atoms with Gasteiger partial charge in [0, 0.05) is 35.8 Å². The number of ether oxygens (including phenoxy) is 2. The van der Waals surface area contributed by atoms with Gasteiger partial charge in [-0.05, 0) is 50.2 Å². The Morgan fingerprint density at radius 3 is 2.59 bits per heavy atom. The van der Waals surface area contributed by atoms with Gasteiger partial charge in [-0.3, -0.25) is 14.4 Å². The number of morpholine rings is 1. The van der Waals surface area contributed by atoms with Crippen molar-refractivity contribution in [3.63, 3.8) is 0 Å². The van der Waals surface area contributed by atoms with Crippen molar-refractivity contribution in [2.24, 2.45) is 0 Å². The monoisotopic (exact) mass is 481 g/mol. The van der Waals surface area contributed by atoms with Crippen LogP contribution in [0.5, 0.6) is 5.75 Å². The molecule has 0 atom stereocenters. The molecule has 0 unspecified atom stereocenters. The second kappa shape index (κ2) is 10.1. The van der Waals surface area contributed by atoms with E-state index in [2.05, 4.69) is 28.8 Å². The number of benzene rings is 2. The molecule has 8 nitrogen and oxygen atoms in total. The molecule has 174 valence electrons. The summed E-state index contributed by atoms with van der Waals surface area (Å²) in [5.41, 5.74) is 0.208. The van der Waals surface area contributed by atoms with E-state index in [1.807, 2.05) is 0 Å². The lowest BCUT2D eigenvalue weighted by atomic mass is 10.0. The second-order valence-corrected chi connectivity index (χ2v) is 10.2. The van der Waals surface area contributed by atoms with E-state index in [9.17, 15) is 13.2 Å². The molecule has 0 radical (unpaired) electrons. The molecular formula is C22H28ClN3O5S. The van der Waals surface area contributed by atoms with Gasteiger partial charge in [0.2, 0.25) is 0 Å². The Kier molecular flexibility index (Phi) is 7.66. The first-order chi connectivity index (χ1) is 15.1. The normalized spacial score (nSPS) is 15.2. The lowest BCUT2D eigenvalue weighted by Gasteiger charge is -2.40. The van der Waals surface area contributed by atoms with Gasteiger partial charge < -0.3 is 14.8 Å². The van der Waals surface area contributed by atoms with E-state index < -0.39 is 10.0 Å². The predicted molar refractivity (Wildman–Crippen MR) is 124 cm³/mol. The number of hydrogen-bond acceptors (Lipinski definition) is 6. The molecule has 3 rings (SSSR count). The van der Waals surface area contributed by atoms with E-state index in [0.717, 1.165) is 13.1 Å². The number of methoxy groups -OCH3 is 1. The van der Waals surface area contributed by atoms with Gasteiger partial charge in [-0.1, -0.05) is 17.7 Å². The molecule has 0 aromatic heterocycles. The Hall–Kier alpha value is -2.33. The summed E-state index contributed by atoms with van der Waals surface area (Å²) in [4.78, 5) is 15.0. The largest absolute Gasteiger partial charge is 0.495 e. The first-order valence-electron chi connectivity index (χ1n) is 10.2. The minimum Gasteiger partial charge on any atom is -0.495 e. The lowest BCUT2D eigenvalue weighted by molar-refractivity contribution is -0.00923. The zero-order valence-corrected chi connectivity index (χ0v) is 19.9. The summed E-state index contributed by atoms with van der Waals surface area (Å²) in [6.45, 7) is 7.47. The van der Waals surface area contributed by atoms with Gasteiger partial charge in [-0.15, -0.1) is 0 Å². The Morgan fingerprint density at radius 1 is 1.19 bits per heavy atom. The molecule has 0 aliphatic carbocycles. The number of anilines is 1. The summed E-state index contributed by atoms with van der Waals surface area (Å²) in [6.07, 6.45) is 0. The summed E-state index contributed by atoms with van der Waals surface area (Å²) < 4.78 is 38.9.